The summed E-state index contributed by atoms with van der Waals surface area (Å²) in [6, 6.07) is 12.3. The second-order valence-corrected chi connectivity index (χ2v) is 6.38. The quantitative estimate of drug-likeness (QED) is 0.477. The fraction of sp³-hybridized carbons (Fsp3) is 0. The fourth-order valence-electron chi connectivity index (χ4n) is 3.03. The summed E-state index contributed by atoms with van der Waals surface area (Å²) in [6.45, 7) is 0. The maximum absolute atomic E-state index is 12.6. The van der Waals surface area contributed by atoms with Gasteiger partial charge in [0.05, 0.1) is 23.9 Å². The first-order chi connectivity index (χ1) is 14.7. The van der Waals surface area contributed by atoms with Crippen molar-refractivity contribution in [3.63, 3.8) is 0 Å². The molecular formula is C20H14N8O2. The topological polar surface area (TPSA) is 123 Å². The number of rotatable bonds is 4. The van der Waals surface area contributed by atoms with E-state index in [1.54, 1.807) is 70.4 Å². The number of fused-ring (bicyclic) bond motifs is 1. The zero-order chi connectivity index (χ0) is 20.5. The minimum Gasteiger partial charge on any atom is -0.321 e. The molecule has 1 aromatic carbocycles. The molecule has 1 amide bonds. The Morgan fingerprint density at radius 2 is 1.87 bits per heavy atom. The molecule has 5 aromatic rings. The second kappa shape index (κ2) is 7.09. The Hall–Kier alpha value is -4.60. The van der Waals surface area contributed by atoms with Gasteiger partial charge in [0.1, 0.15) is 11.1 Å². The summed E-state index contributed by atoms with van der Waals surface area (Å²) in [6.07, 6.45) is 7.82. The number of carbonyl (C=O) groups excluding carboxylic acids is 1. The number of anilines is 1. The van der Waals surface area contributed by atoms with Crippen LogP contribution in [-0.2, 0) is 0 Å². The molecule has 0 unspecified atom stereocenters. The van der Waals surface area contributed by atoms with Gasteiger partial charge in [-0.15, -0.1) is 0 Å². The van der Waals surface area contributed by atoms with Gasteiger partial charge in [-0.2, -0.15) is 10.2 Å². The number of hydrogen-bond donors (Lipinski definition) is 2. The zero-order valence-electron chi connectivity index (χ0n) is 15.4. The van der Waals surface area contributed by atoms with Crippen LogP contribution in [0.4, 0.5) is 5.69 Å². The zero-order valence-corrected chi connectivity index (χ0v) is 15.4. The van der Waals surface area contributed by atoms with E-state index in [0.29, 0.717) is 22.4 Å². The molecule has 2 N–H and O–H groups in total. The Bertz CT molecular complexity index is 1400. The lowest BCUT2D eigenvalue weighted by molar-refractivity contribution is 0.102. The first-order valence-corrected chi connectivity index (χ1v) is 8.98. The van der Waals surface area contributed by atoms with Crippen molar-refractivity contribution in [2.45, 2.75) is 0 Å². The normalized spacial score (nSPS) is 10.9. The van der Waals surface area contributed by atoms with E-state index in [-0.39, 0.29) is 17.2 Å². The van der Waals surface area contributed by atoms with E-state index < -0.39 is 0 Å². The number of pyridine rings is 1. The van der Waals surface area contributed by atoms with E-state index in [1.165, 1.54) is 12.5 Å². The molecule has 0 saturated heterocycles. The van der Waals surface area contributed by atoms with Gasteiger partial charge in [-0.1, -0.05) is 0 Å². The number of H-pyrrole nitrogens is 1. The van der Waals surface area contributed by atoms with Gasteiger partial charge in [-0.05, 0) is 42.5 Å². The fourth-order valence-corrected chi connectivity index (χ4v) is 3.03. The molecule has 0 radical (unpaired) electrons. The lowest BCUT2D eigenvalue weighted by atomic mass is 10.2. The molecule has 0 aliphatic carbocycles. The molecule has 0 atom stereocenters. The van der Waals surface area contributed by atoms with Gasteiger partial charge < -0.3 is 10.3 Å². The molecule has 146 valence electrons. The van der Waals surface area contributed by atoms with Crippen molar-refractivity contribution in [3.05, 3.63) is 89.6 Å². The third kappa shape index (κ3) is 3.11. The molecule has 0 saturated carbocycles. The Kier molecular flexibility index (Phi) is 4.14. The molecule has 5 rings (SSSR count). The highest BCUT2D eigenvalue weighted by Gasteiger charge is 2.11. The van der Waals surface area contributed by atoms with Crippen molar-refractivity contribution in [1.82, 2.24) is 34.5 Å². The Labute approximate surface area is 168 Å². The van der Waals surface area contributed by atoms with E-state index in [1.807, 2.05) is 0 Å². The van der Waals surface area contributed by atoms with E-state index in [4.69, 9.17) is 0 Å². The highest BCUT2D eigenvalue weighted by Crippen LogP contribution is 2.17. The molecule has 0 bridgehead atoms. The number of hydrogen-bond acceptors (Lipinski definition) is 6. The van der Waals surface area contributed by atoms with Crippen molar-refractivity contribution in [3.8, 4) is 11.4 Å². The van der Waals surface area contributed by atoms with Gasteiger partial charge in [-0.3, -0.25) is 14.6 Å². The molecular weight excluding hydrogens is 384 g/mol. The lowest BCUT2D eigenvalue weighted by Gasteiger charge is -2.08. The molecule has 0 spiro atoms. The number of carbonyl (C=O) groups is 1. The van der Waals surface area contributed by atoms with Gasteiger partial charge >= 0.3 is 0 Å². The smallest absolute Gasteiger partial charge is 0.274 e. The summed E-state index contributed by atoms with van der Waals surface area (Å²) in [5.41, 5.74) is 2.52. The highest BCUT2D eigenvalue weighted by atomic mass is 16.2. The van der Waals surface area contributed by atoms with Crippen LogP contribution in [0.15, 0.2) is 78.4 Å². The van der Waals surface area contributed by atoms with Gasteiger partial charge in [0.2, 0.25) is 0 Å². The van der Waals surface area contributed by atoms with Gasteiger partial charge in [0, 0.05) is 24.3 Å². The van der Waals surface area contributed by atoms with Crippen molar-refractivity contribution in [1.29, 1.82) is 0 Å². The monoisotopic (exact) mass is 398 g/mol. The maximum atomic E-state index is 12.6. The molecule has 4 aromatic heterocycles. The van der Waals surface area contributed by atoms with Crippen LogP contribution in [0.25, 0.3) is 22.4 Å². The molecule has 4 heterocycles. The first kappa shape index (κ1) is 17.5. The summed E-state index contributed by atoms with van der Waals surface area (Å²) in [5.74, 6) is -0.338. The van der Waals surface area contributed by atoms with Crippen LogP contribution in [-0.4, -0.2) is 40.4 Å². The summed E-state index contributed by atoms with van der Waals surface area (Å²) >= 11 is 0. The summed E-state index contributed by atoms with van der Waals surface area (Å²) < 4.78 is 3.21. The predicted molar refractivity (Wildman–Crippen MR) is 109 cm³/mol. The third-order valence-corrected chi connectivity index (χ3v) is 4.49. The number of aromatic nitrogens is 7. The second-order valence-electron chi connectivity index (χ2n) is 6.38. The highest BCUT2D eigenvalue weighted by molar-refractivity contribution is 6.03. The summed E-state index contributed by atoms with van der Waals surface area (Å²) in [5, 5.41) is 11.6. The Balaban J connectivity index is 1.37. The van der Waals surface area contributed by atoms with E-state index in [2.05, 4.69) is 30.5 Å². The van der Waals surface area contributed by atoms with E-state index in [0.717, 1.165) is 5.69 Å². The minimum atomic E-state index is -0.338. The number of benzene rings is 1. The average Bonchev–Trinajstić information content (AvgIpc) is 3.45. The number of aromatic amines is 1. The van der Waals surface area contributed by atoms with Gasteiger partial charge in [0.25, 0.3) is 11.5 Å². The van der Waals surface area contributed by atoms with Crippen molar-refractivity contribution < 1.29 is 4.79 Å². The summed E-state index contributed by atoms with van der Waals surface area (Å²) in [7, 11) is 0. The van der Waals surface area contributed by atoms with Crippen molar-refractivity contribution in [2.75, 3.05) is 5.32 Å². The third-order valence-electron chi connectivity index (χ3n) is 4.49. The van der Waals surface area contributed by atoms with E-state index in [9.17, 15) is 9.59 Å². The lowest BCUT2D eigenvalue weighted by Crippen LogP contribution is -2.14. The molecule has 0 aliphatic rings. The molecule has 0 aliphatic heterocycles. The van der Waals surface area contributed by atoms with Gasteiger partial charge in [0.15, 0.2) is 5.65 Å². The van der Waals surface area contributed by atoms with Gasteiger partial charge in [-0.25, -0.2) is 14.3 Å². The molecule has 0 fully saturated rings. The largest absolute Gasteiger partial charge is 0.321 e. The van der Waals surface area contributed by atoms with Crippen LogP contribution in [0.3, 0.4) is 0 Å². The molecule has 10 nitrogen and oxygen atoms in total. The van der Waals surface area contributed by atoms with Crippen LogP contribution < -0.4 is 10.9 Å². The molecule has 30 heavy (non-hydrogen) atoms. The summed E-state index contributed by atoms with van der Waals surface area (Å²) in [4.78, 5) is 35.3. The van der Waals surface area contributed by atoms with Crippen molar-refractivity contribution >= 4 is 22.6 Å². The van der Waals surface area contributed by atoms with Crippen molar-refractivity contribution in [2.24, 2.45) is 0 Å². The SMILES string of the molecule is O=C(Nc1ccc(-n2ncc3c(=O)[nH]cnc32)cc1)c1cc(-n2cccn2)ccn1. The predicted octanol–water partition coefficient (Wildman–Crippen LogP) is 1.94. The van der Waals surface area contributed by atoms with Crippen LogP contribution in [0.2, 0.25) is 0 Å². The number of nitrogens with zero attached hydrogens (tertiary/aromatic N) is 6. The number of nitrogens with one attached hydrogen (secondary N) is 2. The molecule has 10 heteroatoms. The maximum Gasteiger partial charge on any atom is 0.274 e. The van der Waals surface area contributed by atoms with E-state index >= 15 is 0 Å². The standard InChI is InChI=1S/C20H14N8O2/c29-19-16-11-25-28(18(16)22-12-23-19)14-4-2-13(3-5-14)26-20(30)17-10-15(6-8-21-17)27-9-1-7-24-27/h1-12H,(H,26,30)(H,22,23,29). The van der Waals surface area contributed by atoms with Crippen LogP contribution in [0, 0.1) is 0 Å². The first-order valence-electron chi connectivity index (χ1n) is 8.98. The van der Waals surface area contributed by atoms with Crippen LogP contribution >= 0.6 is 0 Å². The Morgan fingerprint density at radius 1 is 1.00 bits per heavy atom. The number of amides is 1. The van der Waals surface area contributed by atoms with Crippen LogP contribution in [0.1, 0.15) is 10.5 Å². The average molecular weight is 398 g/mol. The van der Waals surface area contributed by atoms with Crippen LogP contribution in [0.5, 0.6) is 0 Å². The Morgan fingerprint density at radius 3 is 2.67 bits per heavy atom. The minimum absolute atomic E-state index is 0.250.